The molecule has 0 amide bonds. The molecular weight excluding hydrogens is 256 g/mol. The van der Waals surface area contributed by atoms with Crippen molar-refractivity contribution in [3.63, 3.8) is 0 Å². The van der Waals surface area contributed by atoms with Gasteiger partial charge in [0.15, 0.2) is 12.4 Å². The van der Waals surface area contributed by atoms with Crippen LogP contribution in [0.15, 0.2) is 34.7 Å². The summed E-state index contributed by atoms with van der Waals surface area (Å²) in [7, 11) is 0. The average Bonchev–Trinajstić information content (AvgIpc) is 2.75. The summed E-state index contributed by atoms with van der Waals surface area (Å²) in [6.07, 6.45) is 0. The van der Waals surface area contributed by atoms with Gasteiger partial charge in [0, 0.05) is 5.56 Å². The number of aryl methyl sites for hydroxylation is 3. The van der Waals surface area contributed by atoms with E-state index in [2.05, 4.69) is 0 Å². The summed E-state index contributed by atoms with van der Waals surface area (Å²) in [5.41, 5.74) is 1.96. The molecule has 0 unspecified atom stereocenters. The Morgan fingerprint density at radius 2 is 1.75 bits per heavy atom. The zero-order valence-electron chi connectivity index (χ0n) is 11.7. The van der Waals surface area contributed by atoms with E-state index in [0.717, 1.165) is 5.56 Å². The smallest absolute Gasteiger partial charge is 0.342 e. The molecule has 4 heteroatoms. The molecule has 0 radical (unpaired) electrons. The molecule has 104 valence electrons. The molecule has 2 aromatic rings. The Hall–Kier alpha value is -2.36. The van der Waals surface area contributed by atoms with E-state index in [-0.39, 0.29) is 12.4 Å². The van der Waals surface area contributed by atoms with Crippen molar-refractivity contribution >= 4 is 11.8 Å². The number of furan rings is 1. The summed E-state index contributed by atoms with van der Waals surface area (Å²) in [5.74, 6) is 0.366. The quantitative estimate of drug-likeness (QED) is 0.633. The van der Waals surface area contributed by atoms with Gasteiger partial charge < -0.3 is 9.15 Å². The SMILES string of the molecule is Cc1ccc(C(=O)COC(=O)c2cc(C)oc2C)cc1. The highest BCUT2D eigenvalue weighted by atomic mass is 16.5. The highest BCUT2D eigenvalue weighted by Gasteiger charge is 2.16. The van der Waals surface area contributed by atoms with E-state index < -0.39 is 5.97 Å². The Bertz CT molecular complexity index is 635. The van der Waals surface area contributed by atoms with Crippen molar-refractivity contribution in [3.05, 3.63) is 58.5 Å². The molecule has 2 rings (SSSR count). The summed E-state index contributed by atoms with van der Waals surface area (Å²) < 4.78 is 10.3. The van der Waals surface area contributed by atoms with Gasteiger partial charge in [0.1, 0.15) is 17.1 Å². The molecule has 20 heavy (non-hydrogen) atoms. The lowest BCUT2D eigenvalue weighted by Gasteiger charge is -2.04. The largest absolute Gasteiger partial charge is 0.466 e. The van der Waals surface area contributed by atoms with E-state index in [0.29, 0.717) is 22.6 Å². The number of ketones is 1. The van der Waals surface area contributed by atoms with Gasteiger partial charge in [-0.2, -0.15) is 0 Å². The van der Waals surface area contributed by atoms with Crippen LogP contribution in [0.2, 0.25) is 0 Å². The molecule has 0 saturated carbocycles. The third-order valence-corrected chi connectivity index (χ3v) is 2.97. The van der Waals surface area contributed by atoms with Gasteiger partial charge in [0.05, 0.1) is 0 Å². The van der Waals surface area contributed by atoms with Crippen molar-refractivity contribution in [1.82, 2.24) is 0 Å². The highest BCUT2D eigenvalue weighted by molar-refractivity contribution is 5.99. The van der Waals surface area contributed by atoms with Crippen LogP contribution in [0.25, 0.3) is 0 Å². The van der Waals surface area contributed by atoms with Crippen molar-refractivity contribution in [2.75, 3.05) is 6.61 Å². The van der Waals surface area contributed by atoms with Crippen molar-refractivity contribution in [2.45, 2.75) is 20.8 Å². The second kappa shape index (κ2) is 5.74. The molecule has 4 nitrogen and oxygen atoms in total. The summed E-state index contributed by atoms with van der Waals surface area (Å²) >= 11 is 0. The molecular formula is C16H16O4. The Balaban J connectivity index is 1.98. The van der Waals surface area contributed by atoms with Crippen LogP contribution in [-0.2, 0) is 4.74 Å². The van der Waals surface area contributed by atoms with Gasteiger partial charge >= 0.3 is 5.97 Å². The lowest BCUT2D eigenvalue weighted by Crippen LogP contribution is -2.14. The van der Waals surface area contributed by atoms with Gasteiger partial charge in [-0.1, -0.05) is 29.8 Å². The molecule has 0 aliphatic heterocycles. The van der Waals surface area contributed by atoms with Gasteiger partial charge in [0.25, 0.3) is 0 Å². The van der Waals surface area contributed by atoms with Crippen LogP contribution in [0.1, 0.15) is 37.8 Å². The summed E-state index contributed by atoms with van der Waals surface area (Å²) in [5, 5.41) is 0. The van der Waals surface area contributed by atoms with Gasteiger partial charge in [-0.3, -0.25) is 4.79 Å². The van der Waals surface area contributed by atoms with Crippen LogP contribution in [-0.4, -0.2) is 18.4 Å². The maximum absolute atomic E-state index is 11.9. The number of hydrogen-bond donors (Lipinski definition) is 0. The van der Waals surface area contributed by atoms with Crippen LogP contribution >= 0.6 is 0 Å². The van der Waals surface area contributed by atoms with Gasteiger partial charge in [-0.25, -0.2) is 4.79 Å². The third kappa shape index (κ3) is 3.15. The summed E-state index contributed by atoms with van der Waals surface area (Å²) in [4.78, 5) is 23.7. The van der Waals surface area contributed by atoms with Crippen molar-refractivity contribution in [3.8, 4) is 0 Å². The van der Waals surface area contributed by atoms with Gasteiger partial charge in [-0.05, 0) is 26.8 Å². The van der Waals surface area contributed by atoms with Crippen molar-refractivity contribution in [2.24, 2.45) is 0 Å². The van der Waals surface area contributed by atoms with E-state index in [1.807, 2.05) is 19.1 Å². The zero-order valence-corrected chi connectivity index (χ0v) is 11.7. The minimum atomic E-state index is -0.542. The monoisotopic (exact) mass is 272 g/mol. The van der Waals surface area contributed by atoms with Crippen LogP contribution in [0.3, 0.4) is 0 Å². The average molecular weight is 272 g/mol. The molecule has 0 fully saturated rings. The Labute approximate surface area is 117 Å². The first-order valence-corrected chi connectivity index (χ1v) is 6.31. The molecule has 1 heterocycles. The van der Waals surface area contributed by atoms with Crippen LogP contribution < -0.4 is 0 Å². The number of rotatable bonds is 4. The first-order valence-electron chi connectivity index (χ1n) is 6.31. The number of carbonyl (C=O) groups excluding carboxylic acids is 2. The predicted molar refractivity (Wildman–Crippen MR) is 74.0 cm³/mol. The van der Waals surface area contributed by atoms with Crippen molar-refractivity contribution < 1.29 is 18.7 Å². The molecule has 0 bridgehead atoms. The number of benzene rings is 1. The van der Waals surface area contributed by atoms with Crippen molar-refractivity contribution in [1.29, 1.82) is 0 Å². The molecule has 0 saturated heterocycles. The molecule has 0 atom stereocenters. The molecule has 0 aliphatic rings. The topological polar surface area (TPSA) is 56.5 Å². The number of ether oxygens (including phenoxy) is 1. The predicted octanol–water partition coefficient (Wildman–Crippen LogP) is 3.24. The highest BCUT2D eigenvalue weighted by Crippen LogP contribution is 2.15. The Morgan fingerprint density at radius 3 is 2.30 bits per heavy atom. The fourth-order valence-corrected chi connectivity index (χ4v) is 1.87. The maximum Gasteiger partial charge on any atom is 0.342 e. The second-order valence-electron chi connectivity index (χ2n) is 4.69. The molecule has 1 aromatic heterocycles. The summed E-state index contributed by atoms with van der Waals surface area (Å²) in [6.45, 7) is 5.11. The Morgan fingerprint density at radius 1 is 1.10 bits per heavy atom. The lowest BCUT2D eigenvalue weighted by molar-refractivity contribution is 0.0473. The fourth-order valence-electron chi connectivity index (χ4n) is 1.87. The molecule has 1 aromatic carbocycles. The fraction of sp³-hybridized carbons (Fsp3) is 0.250. The number of hydrogen-bond acceptors (Lipinski definition) is 4. The maximum atomic E-state index is 11.9. The summed E-state index contributed by atoms with van der Waals surface area (Å²) in [6, 6.07) is 8.74. The normalized spacial score (nSPS) is 10.3. The van der Waals surface area contributed by atoms with Gasteiger partial charge in [-0.15, -0.1) is 0 Å². The first kappa shape index (κ1) is 14.1. The van der Waals surface area contributed by atoms with E-state index >= 15 is 0 Å². The van der Waals surface area contributed by atoms with Crippen LogP contribution in [0.4, 0.5) is 0 Å². The minimum absolute atomic E-state index is 0.226. The van der Waals surface area contributed by atoms with E-state index in [1.54, 1.807) is 32.0 Å². The lowest BCUT2D eigenvalue weighted by atomic mass is 10.1. The van der Waals surface area contributed by atoms with Gasteiger partial charge in [0.2, 0.25) is 0 Å². The van der Waals surface area contributed by atoms with Crippen LogP contribution in [0.5, 0.6) is 0 Å². The molecule has 0 aliphatic carbocycles. The van der Waals surface area contributed by atoms with E-state index in [1.165, 1.54) is 0 Å². The number of carbonyl (C=O) groups is 2. The second-order valence-corrected chi connectivity index (χ2v) is 4.69. The minimum Gasteiger partial charge on any atom is -0.466 e. The Kier molecular flexibility index (Phi) is 4.03. The van der Waals surface area contributed by atoms with E-state index in [9.17, 15) is 9.59 Å². The molecule has 0 spiro atoms. The zero-order chi connectivity index (χ0) is 14.7. The first-order chi connectivity index (χ1) is 9.47. The number of esters is 1. The molecule has 0 N–H and O–H groups in total. The van der Waals surface area contributed by atoms with E-state index in [4.69, 9.17) is 9.15 Å². The number of Topliss-reactive ketones (excluding diaryl/α,β-unsaturated/α-hetero) is 1. The third-order valence-electron chi connectivity index (χ3n) is 2.97. The standard InChI is InChI=1S/C16H16O4/c1-10-4-6-13(7-5-10)15(17)9-19-16(18)14-8-11(2)20-12(14)3/h4-8H,9H2,1-3H3. The van der Waals surface area contributed by atoms with Crippen LogP contribution in [0, 0.1) is 20.8 Å².